The molecule has 0 bridgehead atoms. The van der Waals surface area contributed by atoms with Crippen molar-refractivity contribution in [3.8, 4) is 11.4 Å². The largest absolute Gasteiger partial charge is 0.343 e. The van der Waals surface area contributed by atoms with Gasteiger partial charge in [0.15, 0.2) is 0 Å². The number of amides is 1. The van der Waals surface area contributed by atoms with E-state index in [0.29, 0.717) is 29.6 Å². The van der Waals surface area contributed by atoms with Crippen molar-refractivity contribution in [2.45, 2.75) is 25.7 Å². The summed E-state index contributed by atoms with van der Waals surface area (Å²) in [5, 5.41) is 8.13. The molecule has 0 spiro atoms. The summed E-state index contributed by atoms with van der Waals surface area (Å²) in [6, 6.07) is 7.29. The number of hydrogen-bond donors (Lipinski definition) is 1. The van der Waals surface area contributed by atoms with Crippen molar-refractivity contribution in [1.82, 2.24) is 20.4 Å². The first-order chi connectivity index (χ1) is 12.7. The Labute approximate surface area is 170 Å². The number of halogens is 2. The zero-order valence-electron chi connectivity index (χ0n) is 15.1. The Morgan fingerprint density at radius 3 is 2.52 bits per heavy atom. The fraction of sp³-hybridized carbons (Fsp3) is 0.526. The highest BCUT2D eigenvalue weighted by Crippen LogP contribution is 2.27. The van der Waals surface area contributed by atoms with Gasteiger partial charge in [0.2, 0.25) is 17.6 Å². The molecule has 3 heterocycles. The molecule has 6 nitrogen and oxygen atoms in total. The topological polar surface area (TPSA) is 71.3 Å². The summed E-state index contributed by atoms with van der Waals surface area (Å²) in [5.41, 5.74) is 0.850. The molecule has 27 heavy (non-hydrogen) atoms. The maximum Gasteiger partial charge on any atom is 0.227 e. The zero-order chi connectivity index (χ0) is 17.9. The van der Waals surface area contributed by atoms with Crippen molar-refractivity contribution >= 4 is 29.9 Å². The Kier molecular flexibility index (Phi) is 6.73. The van der Waals surface area contributed by atoms with E-state index < -0.39 is 0 Å². The summed E-state index contributed by atoms with van der Waals surface area (Å²) in [6.45, 7) is 3.92. The predicted octanol–water partition coefficient (Wildman–Crippen LogP) is 3.20. The van der Waals surface area contributed by atoms with Gasteiger partial charge in [-0.2, -0.15) is 4.98 Å². The fourth-order valence-corrected chi connectivity index (χ4v) is 4.04. The van der Waals surface area contributed by atoms with Crippen LogP contribution in [0, 0.1) is 11.8 Å². The highest BCUT2D eigenvalue weighted by molar-refractivity contribution is 6.30. The number of nitrogens with one attached hydrogen (secondary N) is 1. The number of carbonyl (C=O) groups excluding carboxylic acids is 1. The van der Waals surface area contributed by atoms with E-state index in [2.05, 4.69) is 15.5 Å². The second kappa shape index (κ2) is 9.04. The van der Waals surface area contributed by atoms with E-state index in [4.69, 9.17) is 16.1 Å². The van der Waals surface area contributed by atoms with Crippen LogP contribution in [0.5, 0.6) is 0 Å². The smallest absolute Gasteiger partial charge is 0.227 e. The number of carbonyl (C=O) groups is 1. The van der Waals surface area contributed by atoms with Gasteiger partial charge >= 0.3 is 0 Å². The quantitative estimate of drug-likeness (QED) is 0.837. The van der Waals surface area contributed by atoms with Crippen LogP contribution >= 0.6 is 24.0 Å². The van der Waals surface area contributed by atoms with Gasteiger partial charge in [0.1, 0.15) is 0 Å². The molecule has 1 amide bonds. The Morgan fingerprint density at radius 2 is 1.85 bits per heavy atom. The van der Waals surface area contributed by atoms with E-state index in [-0.39, 0.29) is 18.3 Å². The number of fused-ring (bicyclic) bond motifs is 1. The molecule has 2 aromatic rings. The maximum absolute atomic E-state index is 12.6. The minimum absolute atomic E-state index is 0. The Balaban J connectivity index is 0.00000210. The van der Waals surface area contributed by atoms with Gasteiger partial charge in [-0.05, 0) is 62.0 Å². The normalized spacial score (nSPS) is 22.0. The van der Waals surface area contributed by atoms with Crippen molar-refractivity contribution in [3.63, 3.8) is 0 Å². The predicted molar refractivity (Wildman–Crippen MR) is 106 cm³/mol. The lowest BCUT2D eigenvalue weighted by atomic mass is 9.92. The van der Waals surface area contributed by atoms with E-state index in [1.54, 1.807) is 12.1 Å². The molecule has 0 radical (unpaired) electrons. The van der Waals surface area contributed by atoms with Gasteiger partial charge in [-0.1, -0.05) is 16.8 Å². The van der Waals surface area contributed by atoms with Gasteiger partial charge < -0.3 is 14.7 Å². The summed E-state index contributed by atoms with van der Waals surface area (Å²) >= 11 is 5.90. The first-order valence-corrected chi connectivity index (χ1v) is 9.64. The molecule has 1 aromatic heterocycles. The standard InChI is InChI=1S/C19H23ClN4O2.ClH/c20-16-3-1-13(2-4-16)19-22-17(26-23-19)5-6-18(25)24-9-7-14-11-21-12-15(14)8-10-24;/h1-4,14-15,21H,5-12H2;1H/t14-,15+;. The summed E-state index contributed by atoms with van der Waals surface area (Å²) in [4.78, 5) is 19.0. The van der Waals surface area contributed by atoms with Crippen LogP contribution in [0.3, 0.4) is 0 Å². The molecule has 1 aromatic carbocycles. The molecule has 1 N–H and O–H groups in total. The third-order valence-corrected chi connectivity index (χ3v) is 5.75. The molecule has 2 aliphatic heterocycles. The minimum Gasteiger partial charge on any atom is -0.343 e. The summed E-state index contributed by atoms with van der Waals surface area (Å²) in [6.07, 6.45) is 3.09. The maximum atomic E-state index is 12.6. The first kappa shape index (κ1) is 20.1. The number of aromatic nitrogens is 2. The van der Waals surface area contributed by atoms with Crippen molar-refractivity contribution < 1.29 is 9.32 Å². The molecule has 0 saturated carbocycles. The van der Waals surface area contributed by atoms with Gasteiger partial charge in [0.25, 0.3) is 0 Å². The number of likely N-dealkylation sites (tertiary alicyclic amines) is 1. The van der Waals surface area contributed by atoms with Gasteiger partial charge in [0.05, 0.1) is 0 Å². The van der Waals surface area contributed by atoms with Gasteiger partial charge in [-0.25, -0.2) is 0 Å². The Bertz CT molecular complexity index is 751. The summed E-state index contributed by atoms with van der Waals surface area (Å²) in [7, 11) is 0. The molecule has 2 atom stereocenters. The Morgan fingerprint density at radius 1 is 1.19 bits per heavy atom. The van der Waals surface area contributed by atoms with E-state index in [1.165, 1.54) is 0 Å². The van der Waals surface area contributed by atoms with Crippen LogP contribution in [0.25, 0.3) is 11.4 Å². The second-order valence-electron chi connectivity index (χ2n) is 7.16. The van der Waals surface area contributed by atoms with Crippen LogP contribution < -0.4 is 5.32 Å². The molecule has 2 aliphatic rings. The second-order valence-corrected chi connectivity index (χ2v) is 7.59. The fourth-order valence-electron chi connectivity index (χ4n) is 3.91. The summed E-state index contributed by atoms with van der Waals surface area (Å²) < 4.78 is 5.30. The molecule has 4 rings (SSSR count). The van der Waals surface area contributed by atoms with Crippen LogP contribution in [-0.2, 0) is 11.2 Å². The number of hydrogen-bond acceptors (Lipinski definition) is 5. The third-order valence-electron chi connectivity index (χ3n) is 5.50. The molecular formula is C19H24Cl2N4O2. The van der Waals surface area contributed by atoms with Crippen LogP contribution in [0.1, 0.15) is 25.2 Å². The molecule has 146 valence electrons. The lowest BCUT2D eigenvalue weighted by molar-refractivity contribution is -0.131. The van der Waals surface area contributed by atoms with Crippen molar-refractivity contribution in [1.29, 1.82) is 0 Å². The van der Waals surface area contributed by atoms with Crippen molar-refractivity contribution in [2.75, 3.05) is 26.2 Å². The highest BCUT2D eigenvalue weighted by Gasteiger charge is 2.31. The van der Waals surface area contributed by atoms with Crippen LogP contribution in [0.2, 0.25) is 5.02 Å². The number of aryl methyl sites for hydroxylation is 1. The average Bonchev–Trinajstić information content (AvgIpc) is 3.26. The van der Waals surface area contributed by atoms with Gasteiger partial charge in [-0.3, -0.25) is 4.79 Å². The average molecular weight is 411 g/mol. The van der Waals surface area contributed by atoms with E-state index in [0.717, 1.165) is 56.4 Å². The molecule has 0 unspecified atom stereocenters. The third kappa shape index (κ3) is 4.81. The number of rotatable bonds is 4. The van der Waals surface area contributed by atoms with Crippen LogP contribution in [0.4, 0.5) is 0 Å². The van der Waals surface area contributed by atoms with Crippen molar-refractivity contribution in [2.24, 2.45) is 11.8 Å². The zero-order valence-corrected chi connectivity index (χ0v) is 16.6. The highest BCUT2D eigenvalue weighted by atomic mass is 35.5. The lowest BCUT2D eigenvalue weighted by Crippen LogP contribution is -2.32. The molecule has 2 fully saturated rings. The van der Waals surface area contributed by atoms with Gasteiger partial charge in [-0.15, -0.1) is 12.4 Å². The minimum atomic E-state index is 0. The molecular weight excluding hydrogens is 387 g/mol. The number of benzene rings is 1. The SMILES string of the molecule is Cl.O=C(CCc1nc(-c2ccc(Cl)cc2)no1)N1CC[C@@H]2CNC[C@@H]2CC1. The summed E-state index contributed by atoms with van der Waals surface area (Å²) in [5.74, 6) is 2.67. The lowest BCUT2D eigenvalue weighted by Gasteiger charge is -2.20. The van der Waals surface area contributed by atoms with Crippen LogP contribution in [0.15, 0.2) is 28.8 Å². The van der Waals surface area contributed by atoms with E-state index >= 15 is 0 Å². The monoisotopic (exact) mass is 410 g/mol. The number of nitrogens with zero attached hydrogens (tertiary/aromatic N) is 3. The van der Waals surface area contributed by atoms with E-state index in [1.807, 2.05) is 17.0 Å². The van der Waals surface area contributed by atoms with Crippen LogP contribution in [-0.4, -0.2) is 47.1 Å². The van der Waals surface area contributed by atoms with E-state index in [9.17, 15) is 4.79 Å². The molecule has 8 heteroatoms. The van der Waals surface area contributed by atoms with Crippen molar-refractivity contribution in [3.05, 3.63) is 35.2 Å². The van der Waals surface area contributed by atoms with Gasteiger partial charge in [0, 0.05) is 36.5 Å². The molecule has 0 aliphatic carbocycles. The first-order valence-electron chi connectivity index (χ1n) is 9.26. The molecule has 2 saturated heterocycles. The Hall–Kier alpha value is -1.63.